The minimum absolute atomic E-state index is 0.00269. The predicted octanol–water partition coefficient (Wildman–Crippen LogP) is -0.0242. The Morgan fingerprint density at radius 2 is 2.00 bits per heavy atom. The molecule has 0 saturated carbocycles. The van der Waals surface area contributed by atoms with Gasteiger partial charge in [0, 0.05) is 5.69 Å². The molecule has 1 fully saturated rings. The van der Waals surface area contributed by atoms with Gasteiger partial charge in [0.25, 0.3) is 5.91 Å². The Bertz CT molecular complexity index is 637. The highest BCUT2D eigenvalue weighted by atomic mass is 32.2. The van der Waals surface area contributed by atoms with Crippen molar-refractivity contribution in [1.29, 1.82) is 0 Å². The first-order valence-corrected chi connectivity index (χ1v) is 9.10. The first kappa shape index (κ1) is 16.9. The van der Waals surface area contributed by atoms with E-state index in [1.54, 1.807) is 12.1 Å². The van der Waals surface area contributed by atoms with Crippen LogP contribution in [0, 0.1) is 5.92 Å². The van der Waals surface area contributed by atoms with Gasteiger partial charge in [0.15, 0.2) is 6.04 Å². The minimum Gasteiger partial charge on any atom is -0.325 e. The number of carbonyl (C=O) groups is 1. The molecule has 0 radical (unpaired) electrons. The Morgan fingerprint density at radius 3 is 2.59 bits per heavy atom. The van der Waals surface area contributed by atoms with E-state index in [0.29, 0.717) is 5.69 Å². The smallest absolute Gasteiger partial charge is 0.282 e. The summed E-state index contributed by atoms with van der Waals surface area (Å²) in [6.07, 6.45) is 2.27. The zero-order chi connectivity index (χ0) is 16.3. The normalized spacial score (nSPS) is 23.8. The Balaban J connectivity index is 2.02. The highest BCUT2D eigenvalue weighted by Crippen LogP contribution is 2.14. The van der Waals surface area contributed by atoms with E-state index < -0.39 is 10.0 Å². The number of amides is 1. The third-order valence-electron chi connectivity index (χ3n) is 4.35. The van der Waals surface area contributed by atoms with Gasteiger partial charge in [-0.15, -0.1) is 0 Å². The number of benzene rings is 1. The largest absolute Gasteiger partial charge is 0.325 e. The molecular weight excluding hydrogens is 302 g/mol. The number of hydrogen-bond acceptors (Lipinski definition) is 3. The molecule has 0 unspecified atom stereocenters. The molecule has 1 saturated heterocycles. The van der Waals surface area contributed by atoms with Crippen molar-refractivity contribution >= 4 is 21.6 Å². The highest BCUT2D eigenvalue weighted by Gasteiger charge is 2.28. The zero-order valence-corrected chi connectivity index (χ0v) is 13.8. The van der Waals surface area contributed by atoms with Crippen LogP contribution in [0.1, 0.15) is 26.7 Å². The number of likely N-dealkylation sites (tertiary alicyclic amines) is 1. The summed E-state index contributed by atoms with van der Waals surface area (Å²) in [5.41, 5.74) is 0.452. The van der Waals surface area contributed by atoms with Gasteiger partial charge in [-0.1, -0.05) is 13.0 Å². The molecule has 0 bridgehead atoms. The average Bonchev–Trinajstić information content (AvgIpc) is 2.46. The fourth-order valence-corrected chi connectivity index (χ4v) is 3.31. The van der Waals surface area contributed by atoms with Gasteiger partial charge in [-0.25, -0.2) is 13.6 Å². The Kier molecular flexibility index (Phi) is 5.20. The first-order chi connectivity index (χ1) is 10.3. The van der Waals surface area contributed by atoms with Gasteiger partial charge in [0.05, 0.1) is 18.0 Å². The van der Waals surface area contributed by atoms with Gasteiger partial charge >= 0.3 is 0 Å². The molecule has 2 rings (SSSR count). The quantitative estimate of drug-likeness (QED) is 0.726. The minimum atomic E-state index is -3.76. The van der Waals surface area contributed by atoms with Crippen molar-refractivity contribution in [2.24, 2.45) is 11.1 Å². The van der Waals surface area contributed by atoms with Crippen LogP contribution < -0.4 is 15.4 Å². The molecule has 22 heavy (non-hydrogen) atoms. The lowest BCUT2D eigenvalue weighted by atomic mass is 9.98. The molecule has 1 aliphatic rings. The maximum absolute atomic E-state index is 12.3. The summed E-state index contributed by atoms with van der Waals surface area (Å²) in [6, 6.07) is 5.85. The lowest BCUT2D eigenvalue weighted by Crippen LogP contribution is -3.17. The summed E-state index contributed by atoms with van der Waals surface area (Å²) < 4.78 is 22.7. The summed E-state index contributed by atoms with van der Waals surface area (Å²) >= 11 is 0. The van der Waals surface area contributed by atoms with Crippen LogP contribution in [0.4, 0.5) is 5.69 Å². The SMILES string of the molecule is CC1CC[NH+]([C@H](C)C(=O)Nc2cccc(S(N)(=O)=O)c2)CC1. The number of quaternary nitrogens is 1. The molecule has 0 spiro atoms. The fraction of sp³-hybridized carbons (Fsp3) is 0.533. The van der Waals surface area contributed by atoms with Crippen LogP contribution in [0.25, 0.3) is 0 Å². The summed E-state index contributed by atoms with van der Waals surface area (Å²) in [6.45, 7) is 6.13. The standard InChI is InChI=1S/C15H23N3O3S/c1-11-6-8-18(9-7-11)12(2)15(19)17-13-4-3-5-14(10-13)22(16,20)21/h3-5,10-12H,6-9H2,1-2H3,(H,17,19)(H2,16,20,21)/p+1/t12-/m1/s1. The van der Waals surface area contributed by atoms with Crippen LogP contribution in [-0.2, 0) is 14.8 Å². The van der Waals surface area contributed by atoms with Crippen molar-refractivity contribution < 1.29 is 18.1 Å². The van der Waals surface area contributed by atoms with E-state index in [1.165, 1.54) is 17.0 Å². The Morgan fingerprint density at radius 1 is 1.36 bits per heavy atom. The van der Waals surface area contributed by atoms with E-state index in [0.717, 1.165) is 31.8 Å². The van der Waals surface area contributed by atoms with Crippen molar-refractivity contribution in [3.63, 3.8) is 0 Å². The van der Waals surface area contributed by atoms with Crippen LogP contribution in [0.2, 0.25) is 0 Å². The molecule has 6 nitrogen and oxygen atoms in total. The lowest BCUT2D eigenvalue weighted by molar-refractivity contribution is -0.919. The van der Waals surface area contributed by atoms with Crippen LogP contribution in [-0.4, -0.2) is 33.5 Å². The molecule has 1 aromatic rings. The second-order valence-corrected chi connectivity index (χ2v) is 7.69. The summed E-state index contributed by atoms with van der Waals surface area (Å²) in [7, 11) is -3.76. The van der Waals surface area contributed by atoms with Crippen molar-refractivity contribution in [3.05, 3.63) is 24.3 Å². The number of sulfonamides is 1. The number of primary sulfonamides is 1. The second kappa shape index (κ2) is 6.76. The molecule has 0 aromatic heterocycles. The van der Waals surface area contributed by atoms with Gasteiger partial charge in [-0.2, -0.15) is 0 Å². The number of piperidine rings is 1. The van der Waals surface area contributed by atoms with Crippen molar-refractivity contribution in [2.45, 2.75) is 37.6 Å². The predicted molar refractivity (Wildman–Crippen MR) is 85.0 cm³/mol. The number of anilines is 1. The third-order valence-corrected chi connectivity index (χ3v) is 5.26. The van der Waals surface area contributed by atoms with Crippen molar-refractivity contribution in [2.75, 3.05) is 18.4 Å². The molecule has 1 heterocycles. The molecule has 4 N–H and O–H groups in total. The summed E-state index contributed by atoms with van der Waals surface area (Å²) in [5, 5.41) is 7.88. The molecular formula is C15H24N3O3S+. The number of carbonyl (C=O) groups excluding carboxylic acids is 1. The first-order valence-electron chi connectivity index (χ1n) is 7.55. The van der Waals surface area contributed by atoms with E-state index >= 15 is 0 Å². The van der Waals surface area contributed by atoms with Gasteiger partial charge in [-0.3, -0.25) is 4.79 Å². The monoisotopic (exact) mass is 326 g/mol. The molecule has 0 aliphatic carbocycles. The summed E-state index contributed by atoms with van der Waals surface area (Å²) in [5.74, 6) is 0.626. The van der Waals surface area contributed by atoms with Crippen LogP contribution in [0.3, 0.4) is 0 Å². The molecule has 122 valence electrons. The van der Waals surface area contributed by atoms with E-state index in [2.05, 4.69) is 12.2 Å². The zero-order valence-electron chi connectivity index (χ0n) is 13.0. The van der Waals surface area contributed by atoms with Gasteiger partial charge < -0.3 is 10.2 Å². The second-order valence-electron chi connectivity index (χ2n) is 6.12. The maximum Gasteiger partial charge on any atom is 0.282 e. The highest BCUT2D eigenvalue weighted by molar-refractivity contribution is 7.89. The van der Waals surface area contributed by atoms with Gasteiger partial charge in [0.1, 0.15) is 0 Å². The van der Waals surface area contributed by atoms with E-state index in [9.17, 15) is 13.2 Å². The third kappa shape index (κ3) is 4.28. The average molecular weight is 326 g/mol. The maximum atomic E-state index is 12.3. The molecule has 1 amide bonds. The Labute approximate surface area is 131 Å². The molecule has 1 atom stereocenters. The van der Waals surface area contributed by atoms with E-state index in [4.69, 9.17) is 5.14 Å². The van der Waals surface area contributed by atoms with E-state index in [1.807, 2.05) is 6.92 Å². The van der Waals surface area contributed by atoms with Gasteiger partial charge in [0.2, 0.25) is 10.0 Å². The molecule has 1 aliphatic heterocycles. The number of nitrogens with one attached hydrogen (secondary N) is 2. The Hall–Kier alpha value is -1.44. The van der Waals surface area contributed by atoms with Crippen molar-refractivity contribution in [3.8, 4) is 0 Å². The van der Waals surface area contributed by atoms with Crippen LogP contribution in [0.15, 0.2) is 29.2 Å². The molecule has 1 aromatic carbocycles. The van der Waals surface area contributed by atoms with E-state index in [-0.39, 0.29) is 16.8 Å². The molecule has 7 heteroatoms. The van der Waals surface area contributed by atoms with Crippen LogP contribution >= 0.6 is 0 Å². The van der Waals surface area contributed by atoms with Crippen molar-refractivity contribution in [1.82, 2.24) is 0 Å². The fourth-order valence-electron chi connectivity index (χ4n) is 2.75. The van der Waals surface area contributed by atoms with Crippen LogP contribution in [0.5, 0.6) is 0 Å². The summed E-state index contributed by atoms with van der Waals surface area (Å²) in [4.78, 5) is 13.6. The lowest BCUT2D eigenvalue weighted by Gasteiger charge is -2.31. The number of hydrogen-bond donors (Lipinski definition) is 3. The number of nitrogens with two attached hydrogens (primary N) is 1. The topological polar surface area (TPSA) is 93.7 Å². The number of rotatable bonds is 4. The van der Waals surface area contributed by atoms with Gasteiger partial charge in [-0.05, 0) is 43.9 Å².